The van der Waals surface area contributed by atoms with Gasteiger partial charge in [0, 0.05) is 43.9 Å². The van der Waals surface area contributed by atoms with Crippen LogP contribution in [0.1, 0.15) is 35.7 Å². The smallest absolute Gasteiger partial charge is 0.254 e. The van der Waals surface area contributed by atoms with Gasteiger partial charge in [0.2, 0.25) is 5.91 Å². The third-order valence-electron chi connectivity index (χ3n) is 6.67. The van der Waals surface area contributed by atoms with Gasteiger partial charge >= 0.3 is 0 Å². The Hall–Kier alpha value is -3.94. The van der Waals surface area contributed by atoms with Crippen LogP contribution in [-0.2, 0) is 4.79 Å². The number of nitrogens with zero attached hydrogens (tertiary/aromatic N) is 5. The quantitative estimate of drug-likeness (QED) is 0.440. The zero-order valence-corrected chi connectivity index (χ0v) is 21.9. The van der Waals surface area contributed by atoms with Gasteiger partial charge in [0.1, 0.15) is 12.3 Å². The average molecular weight is 502 g/mol. The number of carbonyl (C=O) groups is 2. The molecule has 2 heterocycles. The molecule has 0 bridgehead atoms. The van der Waals surface area contributed by atoms with Crippen LogP contribution >= 0.6 is 0 Å². The summed E-state index contributed by atoms with van der Waals surface area (Å²) < 4.78 is 5.26. The Balaban J connectivity index is 1.35. The number of aryl methyl sites for hydroxylation is 1. The Morgan fingerprint density at radius 2 is 1.73 bits per heavy atom. The van der Waals surface area contributed by atoms with E-state index in [0.717, 1.165) is 29.9 Å². The SMILES string of the molecule is CCCCN(CC(=O)N1CCN(c2ccc(-c3ccc(C)cc3)nn2)CC1)C(=O)c1cccc(OC)c1. The van der Waals surface area contributed by atoms with Crippen LogP contribution in [0.3, 0.4) is 0 Å². The first-order valence-electron chi connectivity index (χ1n) is 12.9. The van der Waals surface area contributed by atoms with Gasteiger partial charge in [-0.15, -0.1) is 10.2 Å². The van der Waals surface area contributed by atoms with Crippen molar-refractivity contribution in [2.75, 3.05) is 51.3 Å². The van der Waals surface area contributed by atoms with Crippen LogP contribution in [0, 0.1) is 6.92 Å². The minimum Gasteiger partial charge on any atom is -0.497 e. The van der Waals surface area contributed by atoms with Crippen LogP contribution in [0.25, 0.3) is 11.3 Å². The van der Waals surface area contributed by atoms with Crippen molar-refractivity contribution >= 4 is 17.6 Å². The molecule has 0 radical (unpaired) electrons. The van der Waals surface area contributed by atoms with Crippen LogP contribution < -0.4 is 9.64 Å². The molecule has 2 aromatic carbocycles. The Morgan fingerprint density at radius 3 is 2.38 bits per heavy atom. The van der Waals surface area contributed by atoms with Gasteiger partial charge in [0.05, 0.1) is 12.8 Å². The summed E-state index contributed by atoms with van der Waals surface area (Å²) in [6.07, 6.45) is 1.78. The van der Waals surface area contributed by atoms with E-state index in [9.17, 15) is 9.59 Å². The zero-order valence-electron chi connectivity index (χ0n) is 21.9. The van der Waals surface area contributed by atoms with Gasteiger partial charge < -0.3 is 19.4 Å². The van der Waals surface area contributed by atoms with Gasteiger partial charge in [-0.2, -0.15) is 0 Å². The molecule has 1 aliphatic heterocycles. The van der Waals surface area contributed by atoms with E-state index >= 15 is 0 Å². The van der Waals surface area contributed by atoms with Gasteiger partial charge in [-0.1, -0.05) is 49.2 Å². The number of anilines is 1. The molecule has 1 saturated heterocycles. The van der Waals surface area contributed by atoms with Gasteiger partial charge in [-0.3, -0.25) is 9.59 Å². The number of benzene rings is 2. The fourth-order valence-corrected chi connectivity index (χ4v) is 4.36. The molecule has 1 fully saturated rings. The maximum atomic E-state index is 13.2. The van der Waals surface area contributed by atoms with E-state index in [1.165, 1.54) is 5.56 Å². The first kappa shape index (κ1) is 26.1. The molecule has 0 unspecified atom stereocenters. The third-order valence-corrected chi connectivity index (χ3v) is 6.67. The number of unbranched alkanes of at least 4 members (excludes halogenated alkanes) is 1. The van der Waals surface area contributed by atoms with E-state index in [1.807, 2.05) is 29.2 Å². The predicted molar refractivity (Wildman–Crippen MR) is 145 cm³/mol. The molecule has 0 saturated carbocycles. The number of rotatable bonds is 9. The second kappa shape index (κ2) is 12.3. The molecular weight excluding hydrogens is 466 g/mol. The zero-order chi connectivity index (χ0) is 26.2. The van der Waals surface area contributed by atoms with Crippen LogP contribution in [-0.4, -0.2) is 78.2 Å². The molecule has 3 aromatic rings. The van der Waals surface area contributed by atoms with E-state index < -0.39 is 0 Å². The Bertz CT molecular complexity index is 1190. The highest BCUT2D eigenvalue weighted by molar-refractivity contribution is 5.96. The summed E-state index contributed by atoms with van der Waals surface area (Å²) in [5.41, 5.74) is 3.61. The Labute approximate surface area is 218 Å². The van der Waals surface area contributed by atoms with Crippen molar-refractivity contribution in [2.45, 2.75) is 26.7 Å². The molecule has 0 spiro atoms. The van der Waals surface area contributed by atoms with Crippen molar-refractivity contribution in [3.8, 4) is 17.0 Å². The highest BCUT2D eigenvalue weighted by Gasteiger charge is 2.26. The van der Waals surface area contributed by atoms with Crippen LogP contribution in [0.5, 0.6) is 5.75 Å². The number of methoxy groups -OCH3 is 1. The maximum Gasteiger partial charge on any atom is 0.254 e. The molecule has 2 amide bonds. The predicted octanol–water partition coefficient (Wildman–Crippen LogP) is 4.05. The van der Waals surface area contributed by atoms with E-state index in [4.69, 9.17) is 4.74 Å². The number of carbonyl (C=O) groups excluding carboxylic acids is 2. The number of amides is 2. The minimum atomic E-state index is -0.150. The molecule has 1 aliphatic rings. The molecule has 194 valence electrons. The molecule has 0 aliphatic carbocycles. The molecule has 8 heteroatoms. The topological polar surface area (TPSA) is 78.9 Å². The van der Waals surface area contributed by atoms with E-state index in [0.29, 0.717) is 44.0 Å². The molecule has 37 heavy (non-hydrogen) atoms. The molecule has 0 N–H and O–H groups in total. The lowest BCUT2D eigenvalue weighted by molar-refractivity contribution is -0.132. The van der Waals surface area contributed by atoms with Gasteiger partial charge in [0.25, 0.3) is 5.91 Å². The summed E-state index contributed by atoms with van der Waals surface area (Å²) in [4.78, 5) is 32.0. The third kappa shape index (κ3) is 6.64. The lowest BCUT2D eigenvalue weighted by Crippen LogP contribution is -2.52. The Morgan fingerprint density at radius 1 is 0.973 bits per heavy atom. The molecule has 4 rings (SSSR count). The summed E-state index contributed by atoms with van der Waals surface area (Å²) in [5.74, 6) is 1.25. The highest BCUT2D eigenvalue weighted by Crippen LogP contribution is 2.20. The number of hydrogen-bond donors (Lipinski definition) is 0. The second-order valence-electron chi connectivity index (χ2n) is 9.32. The monoisotopic (exact) mass is 501 g/mol. The van der Waals surface area contributed by atoms with Crippen LogP contribution in [0.2, 0.25) is 0 Å². The number of ether oxygens (including phenoxy) is 1. The first-order chi connectivity index (χ1) is 18.0. The number of aromatic nitrogens is 2. The van der Waals surface area contributed by atoms with E-state index in [-0.39, 0.29) is 18.4 Å². The van der Waals surface area contributed by atoms with E-state index in [1.54, 1.807) is 36.3 Å². The standard InChI is InChI=1S/C29H35N5O3/c1-4-5-15-34(29(36)24-7-6-8-25(20-24)37-3)21-28(35)33-18-16-32(17-19-33)27-14-13-26(30-31-27)23-11-9-22(2)10-12-23/h6-14,20H,4-5,15-19,21H2,1-3H3. The van der Waals surface area contributed by atoms with Crippen molar-refractivity contribution in [1.29, 1.82) is 0 Å². The summed E-state index contributed by atoms with van der Waals surface area (Å²) in [6.45, 7) is 7.24. The van der Waals surface area contributed by atoms with E-state index in [2.05, 4.69) is 41.1 Å². The number of hydrogen-bond acceptors (Lipinski definition) is 6. The molecule has 8 nitrogen and oxygen atoms in total. The summed E-state index contributed by atoms with van der Waals surface area (Å²) >= 11 is 0. The number of piperazine rings is 1. The normalized spacial score (nSPS) is 13.4. The summed E-state index contributed by atoms with van der Waals surface area (Å²) in [6, 6.07) is 19.3. The maximum absolute atomic E-state index is 13.2. The van der Waals surface area contributed by atoms with Crippen LogP contribution in [0.15, 0.2) is 60.7 Å². The molecular formula is C29H35N5O3. The van der Waals surface area contributed by atoms with Gasteiger partial charge in [-0.25, -0.2) is 0 Å². The van der Waals surface area contributed by atoms with Crippen molar-refractivity contribution in [1.82, 2.24) is 20.0 Å². The highest BCUT2D eigenvalue weighted by atomic mass is 16.5. The Kier molecular flexibility index (Phi) is 8.72. The van der Waals surface area contributed by atoms with Crippen molar-refractivity contribution in [2.24, 2.45) is 0 Å². The first-order valence-corrected chi connectivity index (χ1v) is 12.9. The van der Waals surface area contributed by atoms with Crippen molar-refractivity contribution in [3.63, 3.8) is 0 Å². The second-order valence-corrected chi connectivity index (χ2v) is 9.32. The fraction of sp³-hybridized carbons (Fsp3) is 0.379. The minimum absolute atomic E-state index is 0.0344. The summed E-state index contributed by atoms with van der Waals surface area (Å²) in [7, 11) is 1.57. The van der Waals surface area contributed by atoms with Crippen molar-refractivity contribution < 1.29 is 14.3 Å². The molecule has 0 atom stereocenters. The van der Waals surface area contributed by atoms with Gasteiger partial charge in [-0.05, 0) is 43.7 Å². The van der Waals surface area contributed by atoms with Crippen LogP contribution in [0.4, 0.5) is 5.82 Å². The summed E-state index contributed by atoms with van der Waals surface area (Å²) in [5, 5.41) is 8.84. The fourth-order valence-electron chi connectivity index (χ4n) is 4.36. The lowest BCUT2D eigenvalue weighted by Gasteiger charge is -2.36. The van der Waals surface area contributed by atoms with Gasteiger partial charge in [0.15, 0.2) is 5.82 Å². The largest absolute Gasteiger partial charge is 0.497 e. The lowest BCUT2D eigenvalue weighted by atomic mass is 10.1. The van der Waals surface area contributed by atoms with Crippen molar-refractivity contribution in [3.05, 3.63) is 71.8 Å². The molecule has 1 aromatic heterocycles. The average Bonchev–Trinajstić information content (AvgIpc) is 2.95.